The summed E-state index contributed by atoms with van der Waals surface area (Å²) in [6.45, 7) is 14.0. The van der Waals surface area contributed by atoms with E-state index in [0.717, 1.165) is 106 Å². The molecule has 19 aromatic rings. The number of hydrogen-bond acceptors (Lipinski definition) is 6. The zero-order chi connectivity index (χ0) is 73.3. The third-order valence-electron chi connectivity index (χ3n) is 23.4. The molecule has 0 fully saturated rings. The molecule has 516 valence electrons. The Kier molecular flexibility index (Phi) is 15.2. The Morgan fingerprint density at radius 3 is 1.07 bits per heavy atom. The Morgan fingerprint density at radius 2 is 0.560 bits per heavy atom. The van der Waals surface area contributed by atoms with Crippen molar-refractivity contribution in [3.8, 4) is 101 Å². The van der Waals surface area contributed by atoms with Crippen LogP contribution in [-0.2, 0) is 16.2 Å². The lowest BCUT2D eigenvalue weighted by molar-refractivity contribution is 0.660. The Hall–Kier alpha value is -13.4. The van der Waals surface area contributed by atoms with E-state index < -0.39 is 0 Å². The van der Waals surface area contributed by atoms with Crippen molar-refractivity contribution >= 4 is 75.8 Å². The van der Waals surface area contributed by atoms with Crippen molar-refractivity contribution in [2.24, 2.45) is 0 Å². The first-order chi connectivity index (χ1) is 53.3. The van der Waals surface area contributed by atoms with Gasteiger partial charge in [0.15, 0.2) is 17.5 Å². The third kappa shape index (κ3) is 10.8. The van der Waals surface area contributed by atoms with Crippen LogP contribution in [0.4, 0.5) is 0 Å². The minimum Gasteiger partial charge on any atom is -0.228 e. The molecule has 3 aliphatic carbocycles. The molecule has 0 bridgehead atoms. The molecule has 0 amide bonds. The molecule has 0 spiro atoms. The van der Waals surface area contributed by atoms with Crippen LogP contribution in [0.25, 0.3) is 177 Å². The monoisotopic (exact) mass is 1390 g/mol. The molecule has 6 nitrogen and oxygen atoms in total. The van der Waals surface area contributed by atoms with Crippen molar-refractivity contribution in [1.82, 2.24) is 29.9 Å². The standard InChI is InChI=1S/C37H26N2.2C33H24N2/c1-37(2)31-15-9-8-14-28(31)33-30-22-26(17-16-24(30)19-21-32(33)37)36-38-34(25-11-4-3-5-12-25)29-20-18-23-10-6-7-13-27(23)35(29)39-36;1-33(2)28-14-8-6-12-25(28)27-19-22-16-17-23(18-24(22)20-29(27)33)32-34-30-15-9-7-13-26(30)31(35-32)21-10-4-3-5-11-21;1-33(2)27-14-8-6-12-24(27)30-26-20-23(17-16-21(26)18-19-28(30)33)32-34-29-15-9-7-13-25(29)31(35-32)22-10-4-3-5-11-22/h3-22H,1-2H3;2*3-20H,1-2H3. The van der Waals surface area contributed by atoms with E-state index in [1.54, 1.807) is 0 Å². The molecule has 16 aromatic carbocycles. The summed E-state index contributed by atoms with van der Waals surface area (Å²) in [4.78, 5) is 30.6. The Labute approximate surface area is 633 Å². The molecule has 109 heavy (non-hydrogen) atoms. The second kappa shape index (κ2) is 25.4. The summed E-state index contributed by atoms with van der Waals surface area (Å²) in [5, 5.41) is 13.0. The maximum absolute atomic E-state index is 5.22. The molecule has 0 atom stereocenters. The lowest BCUT2D eigenvalue weighted by atomic mass is 9.82. The second-order valence-corrected chi connectivity index (χ2v) is 30.8. The smallest absolute Gasteiger partial charge is 0.160 e. The molecular formula is C103H74N6. The highest BCUT2D eigenvalue weighted by molar-refractivity contribution is 6.11. The number of para-hydroxylation sites is 2. The van der Waals surface area contributed by atoms with Gasteiger partial charge < -0.3 is 0 Å². The first kappa shape index (κ1) is 65.1. The zero-order valence-corrected chi connectivity index (χ0v) is 61.5. The van der Waals surface area contributed by atoms with Crippen molar-refractivity contribution < 1.29 is 0 Å². The van der Waals surface area contributed by atoms with Crippen LogP contribution < -0.4 is 0 Å². The van der Waals surface area contributed by atoms with Gasteiger partial charge in [0.2, 0.25) is 0 Å². The first-order valence-electron chi connectivity index (χ1n) is 37.7. The van der Waals surface area contributed by atoms with Crippen molar-refractivity contribution in [2.75, 3.05) is 0 Å². The van der Waals surface area contributed by atoms with Gasteiger partial charge >= 0.3 is 0 Å². The van der Waals surface area contributed by atoms with E-state index >= 15 is 0 Å². The SMILES string of the molecule is CC1(C)c2ccccc2-c2c1ccc1ccc(-c3nc(-c4ccccc4)c4ccc5ccccc5c4n3)cc21.CC1(C)c2ccccc2-c2c1ccc1ccc(-c3nc(-c4ccccc4)c4ccccc4n3)cc21.CC1(C)c2ccccc2-c2cc3ccc(-c4nc(-c5ccccc5)c5ccccc5n4)cc3cc21. The molecule has 0 unspecified atom stereocenters. The second-order valence-electron chi connectivity index (χ2n) is 30.8. The van der Waals surface area contributed by atoms with Gasteiger partial charge in [0.1, 0.15) is 0 Å². The highest BCUT2D eigenvalue weighted by Gasteiger charge is 2.39. The summed E-state index contributed by atoms with van der Waals surface area (Å²) in [6.07, 6.45) is 0. The van der Waals surface area contributed by atoms with E-state index in [9.17, 15) is 0 Å². The van der Waals surface area contributed by atoms with Crippen molar-refractivity contribution in [3.63, 3.8) is 0 Å². The summed E-state index contributed by atoms with van der Waals surface area (Å²) < 4.78 is 0. The molecule has 3 aliphatic rings. The number of nitrogens with zero attached hydrogens (tertiary/aromatic N) is 6. The van der Waals surface area contributed by atoms with E-state index in [4.69, 9.17) is 29.9 Å². The minimum atomic E-state index is -0.0328. The van der Waals surface area contributed by atoms with Crippen LogP contribution in [0, 0.1) is 0 Å². The number of rotatable bonds is 6. The van der Waals surface area contributed by atoms with E-state index in [2.05, 4.69) is 345 Å². The Bertz CT molecular complexity index is 6930. The quantitative estimate of drug-likeness (QED) is 0.154. The summed E-state index contributed by atoms with van der Waals surface area (Å²) in [7, 11) is 0. The van der Waals surface area contributed by atoms with Gasteiger partial charge in [-0.1, -0.05) is 333 Å². The van der Waals surface area contributed by atoms with Crippen LogP contribution in [-0.4, -0.2) is 29.9 Å². The molecule has 0 N–H and O–H groups in total. The number of aromatic nitrogens is 6. The van der Waals surface area contributed by atoms with Crippen LogP contribution in [0.5, 0.6) is 0 Å². The average molecular weight is 1400 g/mol. The highest BCUT2D eigenvalue weighted by Crippen LogP contribution is 2.55. The van der Waals surface area contributed by atoms with Crippen molar-refractivity contribution in [3.05, 3.63) is 373 Å². The van der Waals surface area contributed by atoms with Crippen molar-refractivity contribution in [2.45, 2.75) is 57.8 Å². The number of fused-ring (bicyclic) bond motifs is 19. The molecule has 0 radical (unpaired) electrons. The largest absolute Gasteiger partial charge is 0.228 e. The molecule has 3 heterocycles. The molecule has 6 heteroatoms. The van der Waals surface area contributed by atoms with E-state index in [1.165, 1.54) is 104 Å². The van der Waals surface area contributed by atoms with Gasteiger partial charge in [-0.3, -0.25) is 0 Å². The van der Waals surface area contributed by atoms with Crippen LogP contribution in [0.15, 0.2) is 340 Å². The maximum atomic E-state index is 5.22. The summed E-state index contributed by atoms with van der Waals surface area (Å²) >= 11 is 0. The predicted octanol–water partition coefficient (Wildman–Crippen LogP) is 26.4. The van der Waals surface area contributed by atoms with E-state index in [-0.39, 0.29) is 16.2 Å². The van der Waals surface area contributed by atoms with Gasteiger partial charge in [-0.15, -0.1) is 0 Å². The fraction of sp³-hybridized carbons (Fsp3) is 0.0874. The Balaban J connectivity index is 0.000000108. The van der Waals surface area contributed by atoms with Crippen LogP contribution >= 0.6 is 0 Å². The molecule has 3 aromatic heterocycles. The van der Waals surface area contributed by atoms with E-state index in [0.29, 0.717) is 0 Å². The van der Waals surface area contributed by atoms with Gasteiger partial charge in [0, 0.05) is 71.2 Å². The van der Waals surface area contributed by atoms with Crippen LogP contribution in [0.3, 0.4) is 0 Å². The molecular weight excluding hydrogens is 1320 g/mol. The van der Waals surface area contributed by atoms with E-state index in [1.807, 2.05) is 36.4 Å². The van der Waals surface area contributed by atoms with Crippen LogP contribution in [0.2, 0.25) is 0 Å². The Morgan fingerprint density at radius 1 is 0.193 bits per heavy atom. The van der Waals surface area contributed by atoms with Gasteiger partial charge in [0.05, 0.1) is 33.6 Å². The van der Waals surface area contributed by atoms with Gasteiger partial charge in [0.25, 0.3) is 0 Å². The minimum absolute atomic E-state index is 0.0178. The topological polar surface area (TPSA) is 77.3 Å². The summed E-state index contributed by atoms with van der Waals surface area (Å²) in [5.41, 5.74) is 28.5. The number of benzene rings is 16. The van der Waals surface area contributed by atoms with Gasteiger partial charge in [-0.05, 0) is 153 Å². The number of hydrogen-bond donors (Lipinski definition) is 0. The van der Waals surface area contributed by atoms with Crippen LogP contribution in [0.1, 0.15) is 74.9 Å². The normalized spacial score (nSPS) is 13.6. The summed E-state index contributed by atoms with van der Waals surface area (Å²) in [5.74, 6) is 2.27. The predicted molar refractivity (Wildman–Crippen MR) is 454 cm³/mol. The fourth-order valence-electron chi connectivity index (χ4n) is 17.8. The molecule has 22 rings (SSSR count). The van der Waals surface area contributed by atoms with Crippen molar-refractivity contribution in [1.29, 1.82) is 0 Å². The molecule has 0 saturated heterocycles. The fourth-order valence-corrected chi connectivity index (χ4v) is 17.8. The highest BCUT2D eigenvalue weighted by atomic mass is 14.9. The first-order valence-corrected chi connectivity index (χ1v) is 37.7. The zero-order valence-electron chi connectivity index (χ0n) is 61.5. The van der Waals surface area contributed by atoms with Gasteiger partial charge in [-0.25, -0.2) is 29.9 Å². The lowest BCUT2D eigenvalue weighted by Gasteiger charge is -2.21. The average Bonchev–Trinajstić information content (AvgIpc) is 1.63. The molecule has 0 aliphatic heterocycles. The summed E-state index contributed by atoms with van der Waals surface area (Å²) in [6, 6.07) is 121. The van der Waals surface area contributed by atoms with Gasteiger partial charge in [-0.2, -0.15) is 0 Å². The third-order valence-corrected chi connectivity index (χ3v) is 23.4. The molecule has 0 saturated carbocycles. The lowest BCUT2D eigenvalue weighted by Crippen LogP contribution is -2.14. The maximum Gasteiger partial charge on any atom is 0.160 e.